The van der Waals surface area contributed by atoms with Gasteiger partial charge in [-0.15, -0.1) is 0 Å². The van der Waals surface area contributed by atoms with Crippen molar-refractivity contribution in [1.29, 1.82) is 0 Å². The SMILES string of the molecule is CS(=O)(=O)c1ccnc(-c2cnc(N3CC4(CC4)c4ccc(C(=O)N5CCOCC5)cc43)nc2)c1. The molecule has 0 N–H and O–H groups in total. The van der Waals surface area contributed by atoms with Crippen LogP contribution < -0.4 is 4.90 Å². The van der Waals surface area contributed by atoms with Gasteiger partial charge in [-0.25, -0.2) is 18.4 Å². The predicted molar refractivity (Wildman–Crippen MR) is 129 cm³/mol. The number of rotatable bonds is 4. The van der Waals surface area contributed by atoms with E-state index < -0.39 is 9.84 Å². The minimum absolute atomic E-state index is 0.0147. The summed E-state index contributed by atoms with van der Waals surface area (Å²) in [5.74, 6) is 0.565. The van der Waals surface area contributed by atoms with Crippen molar-refractivity contribution in [1.82, 2.24) is 19.9 Å². The van der Waals surface area contributed by atoms with Crippen molar-refractivity contribution in [3.63, 3.8) is 0 Å². The van der Waals surface area contributed by atoms with Gasteiger partial charge in [0.2, 0.25) is 5.95 Å². The van der Waals surface area contributed by atoms with Gasteiger partial charge in [-0.1, -0.05) is 6.07 Å². The standard InChI is InChI=1S/C25H25N5O4S/c1-35(32,33)19-4-7-26-21(13-19)18-14-27-24(28-15-18)30-16-25(5-6-25)20-3-2-17(12-22(20)30)23(31)29-8-10-34-11-9-29/h2-4,7,12-15H,5-6,8-11,16H2,1H3. The first-order chi connectivity index (χ1) is 16.8. The molecule has 180 valence electrons. The number of carbonyl (C=O) groups excluding carboxylic acids is 1. The van der Waals surface area contributed by atoms with E-state index in [1.807, 2.05) is 17.0 Å². The van der Waals surface area contributed by atoms with E-state index in [-0.39, 0.29) is 16.2 Å². The number of ether oxygens (including phenoxy) is 1. The number of pyridine rings is 1. The maximum Gasteiger partial charge on any atom is 0.254 e. The van der Waals surface area contributed by atoms with Gasteiger partial charge in [-0.3, -0.25) is 9.78 Å². The second kappa shape index (κ2) is 8.10. The van der Waals surface area contributed by atoms with Gasteiger partial charge in [0.05, 0.1) is 23.8 Å². The van der Waals surface area contributed by atoms with E-state index in [9.17, 15) is 13.2 Å². The van der Waals surface area contributed by atoms with Crippen LogP contribution in [0.4, 0.5) is 11.6 Å². The molecule has 4 heterocycles. The summed E-state index contributed by atoms with van der Waals surface area (Å²) < 4.78 is 29.2. The summed E-state index contributed by atoms with van der Waals surface area (Å²) in [6, 6.07) is 8.99. The lowest BCUT2D eigenvalue weighted by Crippen LogP contribution is -2.40. The Bertz CT molecular complexity index is 1410. The van der Waals surface area contributed by atoms with E-state index in [0.717, 1.165) is 25.1 Å². The molecule has 3 aliphatic rings. The van der Waals surface area contributed by atoms with Gasteiger partial charge in [0.15, 0.2) is 9.84 Å². The van der Waals surface area contributed by atoms with Crippen molar-refractivity contribution in [2.45, 2.75) is 23.2 Å². The molecular weight excluding hydrogens is 466 g/mol. The fourth-order valence-electron chi connectivity index (χ4n) is 4.91. The lowest BCUT2D eigenvalue weighted by molar-refractivity contribution is 0.0303. The zero-order chi connectivity index (χ0) is 24.2. The third-order valence-corrected chi connectivity index (χ3v) is 8.16. The smallest absolute Gasteiger partial charge is 0.254 e. The summed E-state index contributed by atoms with van der Waals surface area (Å²) in [7, 11) is -3.34. The topological polar surface area (TPSA) is 106 Å². The summed E-state index contributed by atoms with van der Waals surface area (Å²) in [6.45, 7) is 3.10. The first-order valence-corrected chi connectivity index (χ1v) is 13.5. The molecule has 1 amide bonds. The van der Waals surface area contributed by atoms with E-state index in [2.05, 4.69) is 25.9 Å². The number of morpholine rings is 1. The Hall–Kier alpha value is -3.37. The van der Waals surface area contributed by atoms with Crippen LogP contribution in [0, 0.1) is 0 Å². The van der Waals surface area contributed by atoms with E-state index in [1.54, 1.807) is 12.4 Å². The molecule has 1 aliphatic carbocycles. The van der Waals surface area contributed by atoms with E-state index in [0.29, 0.717) is 49.1 Å². The molecular formula is C25H25N5O4S. The molecule has 1 saturated heterocycles. The average molecular weight is 492 g/mol. The quantitative estimate of drug-likeness (QED) is 0.548. The van der Waals surface area contributed by atoms with Gasteiger partial charge < -0.3 is 14.5 Å². The van der Waals surface area contributed by atoms with Crippen molar-refractivity contribution < 1.29 is 17.9 Å². The summed E-state index contributed by atoms with van der Waals surface area (Å²) in [5, 5.41) is 0. The van der Waals surface area contributed by atoms with Crippen molar-refractivity contribution in [2.75, 3.05) is 44.0 Å². The van der Waals surface area contributed by atoms with E-state index >= 15 is 0 Å². The number of fused-ring (bicyclic) bond motifs is 2. The molecule has 0 unspecified atom stereocenters. The maximum atomic E-state index is 13.1. The van der Waals surface area contributed by atoms with Gasteiger partial charge in [-0.2, -0.15) is 0 Å². The largest absolute Gasteiger partial charge is 0.378 e. The highest BCUT2D eigenvalue weighted by molar-refractivity contribution is 7.90. The monoisotopic (exact) mass is 491 g/mol. The highest BCUT2D eigenvalue weighted by Crippen LogP contribution is 2.57. The average Bonchev–Trinajstić information content (AvgIpc) is 3.60. The normalized spacial score (nSPS) is 18.5. The molecule has 0 radical (unpaired) electrons. The van der Waals surface area contributed by atoms with Crippen LogP contribution in [0.2, 0.25) is 0 Å². The summed E-state index contributed by atoms with van der Waals surface area (Å²) in [5.41, 5.74) is 4.11. The van der Waals surface area contributed by atoms with Gasteiger partial charge >= 0.3 is 0 Å². The molecule has 1 aromatic carbocycles. The summed E-state index contributed by atoms with van der Waals surface area (Å²) in [4.78, 5) is 30.7. The van der Waals surface area contributed by atoms with Gasteiger partial charge in [0.1, 0.15) is 0 Å². The zero-order valence-corrected chi connectivity index (χ0v) is 20.2. The Balaban J connectivity index is 1.31. The van der Waals surface area contributed by atoms with E-state index in [1.165, 1.54) is 30.1 Å². The summed E-state index contributed by atoms with van der Waals surface area (Å²) in [6.07, 6.45) is 8.18. The van der Waals surface area contributed by atoms with Crippen molar-refractivity contribution in [3.8, 4) is 11.3 Å². The molecule has 1 spiro atoms. The van der Waals surface area contributed by atoms with Crippen molar-refractivity contribution in [2.24, 2.45) is 0 Å². The number of hydrogen-bond donors (Lipinski definition) is 0. The Morgan fingerprint density at radius 2 is 1.77 bits per heavy atom. The fourth-order valence-corrected chi connectivity index (χ4v) is 5.54. The number of sulfone groups is 1. The van der Waals surface area contributed by atoms with Gasteiger partial charge in [-0.05, 0) is 42.7 Å². The Labute approximate surface area is 203 Å². The lowest BCUT2D eigenvalue weighted by Gasteiger charge is -2.27. The number of aromatic nitrogens is 3. The number of amides is 1. The minimum Gasteiger partial charge on any atom is -0.378 e. The predicted octanol–water partition coefficient (Wildman–Crippen LogP) is 2.60. The molecule has 2 fully saturated rings. The maximum absolute atomic E-state index is 13.1. The lowest BCUT2D eigenvalue weighted by atomic mass is 9.97. The highest BCUT2D eigenvalue weighted by Gasteiger charge is 2.52. The van der Waals surface area contributed by atoms with Gasteiger partial charge in [0, 0.05) is 66.7 Å². The second-order valence-corrected chi connectivity index (χ2v) is 11.4. The third kappa shape index (κ3) is 3.96. The molecule has 0 atom stereocenters. The van der Waals surface area contributed by atoms with Crippen molar-refractivity contribution in [3.05, 3.63) is 60.0 Å². The Morgan fingerprint density at radius 3 is 2.46 bits per heavy atom. The Morgan fingerprint density at radius 1 is 1.03 bits per heavy atom. The van der Waals surface area contributed by atoms with Crippen LogP contribution in [0.15, 0.2) is 53.8 Å². The molecule has 9 nitrogen and oxygen atoms in total. The van der Waals surface area contributed by atoms with E-state index in [4.69, 9.17) is 4.74 Å². The van der Waals surface area contributed by atoms with Crippen LogP contribution in [0.25, 0.3) is 11.3 Å². The number of anilines is 2. The molecule has 10 heteroatoms. The molecule has 0 bridgehead atoms. The number of benzene rings is 1. The highest BCUT2D eigenvalue weighted by atomic mass is 32.2. The minimum atomic E-state index is -3.34. The van der Waals surface area contributed by atoms with Gasteiger partial charge in [0.25, 0.3) is 5.91 Å². The number of carbonyl (C=O) groups is 1. The Kier molecular flexibility index (Phi) is 5.12. The van der Waals surface area contributed by atoms with Crippen LogP contribution in [-0.4, -0.2) is 73.3 Å². The first-order valence-electron chi connectivity index (χ1n) is 11.6. The van der Waals surface area contributed by atoms with Crippen LogP contribution >= 0.6 is 0 Å². The zero-order valence-electron chi connectivity index (χ0n) is 19.3. The second-order valence-electron chi connectivity index (χ2n) is 9.42. The van der Waals surface area contributed by atoms with Crippen LogP contribution in [0.3, 0.4) is 0 Å². The number of nitrogens with zero attached hydrogens (tertiary/aromatic N) is 5. The van der Waals surface area contributed by atoms with Crippen LogP contribution in [0.1, 0.15) is 28.8 Å². The van der Waals surface area contributed by atoms with Crippen LogP contribution in [0.5, 0.6) is 0 Å². The molecule has 2 aromatic heterocycles. The fraction of sp³-hybridized carbons (Fsp3) is 0.360. The third-order valence-electron chi connectivity index (χ3n) is 7.05. The molecule has 1 saturated carbocycles. The first kappa shape index (κ1) is 22.1. The summed E-state index contributed by atoms with van der Waals surface area (Å²) >= 11 is 0. The molecule has 2 aliphatic heterocycles. The van der Waals surface area contributed by atoms with Crippen LogP contribution in [-0.2, 0) is 20.0 Å². The number of hydrogen-bond acceptors (Lipinski definition) is 8. The van der Waals surface area contributed by atoms with Crippen molar-refractivity contribution >= 4 is 27.4 Å². The molecule has 3 aromatic rings. The molecule has 6 rings (SSSR count). The molecule has 35 heavy (non-hydrogen) atoms.